The maximum Gasteiger partial charge on any atom is 0.293 e. The minimum Gasteiger partial charge on any atom is -0.368 e. The van der Waals surface area contributed by atoms with Crippen LogP contribution in [0, 0.1) is 10.1 Å². The lowest BCUT2D eigenvalue weighted by Crippen LogP contribution is -2.14. The van der Waals surface area contributed by atoms with E-state index in [-0.39, 0.29) is 17.3 Å². The maximum atomic E-state index is 11.4. The normalized spacial score (nSPS) is 11.7. The van der Waals surface area contributed by atoms with Crippen molar-refractivity contribution in [3.63, 3.8) is 0 Å². The first kappa shape index (κ1) is 16.7. The van der Waals surface area contributed by atoms with E-state index in [1.54, 1.807) is 11.3 Å². The summed E-state index contributed by atoms with van der Waals surface area (Å²) >= 11 is 1.56. The fraction of sp³-hybridized carbons (Fsp3) is 0.0556. The molecule has 0 aliphatic carbocycles. The number of thiophene rings is 1. The third kappa shape index (κ3) is 3.67. The van der Waals surface area contributed by atoms with Crippen molar-refractivity contribution in [1.82, 2.24) is 0 Å². The van der Waals surface area contributed by atoms with E-state index in [0.29, 0.717) is 5.69 Å². The Morgan fingerprint density at radius 3 is 2.48 bits per heavy atom. The standard InChI is InChI=1S/C18H15N3O3S/c19-18(22)13-8-9-14(15(11-13)21(23)24)20-17(16-7-4-10-25-16)12-5-2-1-3-6-12/h1-11,17,20H,(H2,19,22)/t17-/m1/s1. The van der Waals surface area contributed by atoms with Crippen LogP contribution in [-0.2, 0) is 0 Å². The molecule has 3 rings (SSSR count). The van der Waals surface area contributed by atoms with Gasteiger partial charge in [-0.15, -0.1) is 11.3 Å². The molecule has 1 heterocycles. The first-order valence-electron chi connectivity index (χ1n) is 7.49. The van der Waals surface area contributed by atoms with Crippen LogP contribution in [0.3, 0.4) is 0 Å². The number of carbonyl (C=O) groups excluding carboxylic acids is 1. The molecule has 0 spiro atoms. The Kier molecular flexibility index (Phi) is 4.76. The van der Waals surface area contributed by atoms with E-state index in [4.69, 9.17) is 5.73 Å². The molecule has 0 aliphatic rings. The van der Waals surface area contributed by atoms with E-state index in [2.05, 4.69) is 5.32 Å². The molecular formula is C18H15N3O3S. The Morgan fingerprint density at radius 1 is 1.12 bits per heavy atom. The zero-order valence-electron chi connectivity index (χ0n) is 13.1. The lowest BCUT2D eigenvalue weighted by molar-refractivity contribution is -0.384. The number of nitro groups is 1. The van der Waals surface area contributed by atoms with E-state index in [0.717, 1.165) is 10.4 Å². The van der Waals surface area contributed by atoms with Crippen molar-refractivity contribution in [2.45, 2.75) is 6.04 Å². The average Bonchev–Trinajstić information content (AvgIpc) is 3.14. The van der Waals surface area contributed by atoms with Gasteiger partial charge in [0, 0.05) is 16.5 Å². The van der Waals surface area contributed by atoms with Gasteiger partial charge in [-0.05, 0) is 29.1 Å². The number of nitrogens with two attached hydrogens (primary N) is 1. The third-order valence-corrected chi connectivity index (χ3v) is 4.68. The summed E-state index contributed by atoms with van der Waals surface area (Å²) in [5.41, 5.74) is 6.45. The first-order valence-corrected chi connectivity index (χ1v) is 8.37. The molecule has 7 heteroatoms. The predicted octanol–water partition coefficient (Wildman–Crippen LogP) is 3.96. The number of hydrogen-bond acceptors (Lipinski definition) is 5. The summed E-state index contributed by atoms with van der Waals surface area (Å²) in [6.45, 7) is 0. The number of nitrogens with zero attached hydrogens (tertiary/aromatic N) is 1. The first-order chi connectivity index (χ1) is 12.1. The summed E-state index contributed by atoms with van der Waals surface area (Å²) in [5, 5.41) is 16.6. The molecule has 25 heavy (non-hydrogen) atoms. The second kappa shape index (κ2) is 7.14. The van der Waals surface area contributed by atoms with Crippen molar-refractivity contribution in [1.29, 1.82) is 0 Å². The fourth-order valence-electron chi connectivity index (χ4n) is 2.53. The van der Waals surface area contributed by atoms with Crippen LogP contribution in [0.5, 0.6) is 0 Å². The van der Waals surface area contributed by atoms with Crippen molar-refractivity contribution in [2.75, 3.05) is 5.32 Å². The highest BCUT2D eigenvalue weighted by molar-refractivity contribution is 7.10. The molecule has 1 aromatic heterocycles. The number of rotatable bonds is 6. The summed E-state index contributed by atoms with van der Waals surface area (Å²) in [6, 6.07) is 17.5. The predicted molar refractivity (Wildman–Crippen MR) is 97.8 cm³/mol. The molecule has 0 fully saturated rings. The Morgan fingerprint density at radius 2 is 1.88 bits per heavy atom. The molecular weight excluding hydrogens is 338 g/mol. The molecule has 2 aromatic carbocycles. The zero-order chi connectivity index (χ0) is 17.8. The van der Waals surface area contributed by atoms with E-state index in [9.17, 15) is 14.9 Å². The summed E-state index contributed by atoms with van der Waals surface area (Å²) in [4.78, 5) is 23.2. The van der Waals surface area contributed by atoms with Crippen LogP contribution in [0.4, 0.5) is 11.4 Å². The molecule has 3 aromatic rings. The highest BCUT2D eigenvalue weighted by Crippen LogP contribution is 2.34. The maximum absolute atomic E-state index is 11.4. The van der Waals surface area contributed by atoms with Crippen LogP contribution < -0.4 is 11.1 Å². The molecule has 0 bridgehead atoms. The van der Waals surface area contributed by atoms with Crippen LogP contribution in [0.1, 0.15) is 26.8 Å². The highest BCUT2D eigenvalue weighted by atomic mass is 32.1. The minimum atomic E-state index is -0.701. The van der Waals surface area contributed by atoms with Gasteiger partial charge in [0.15, 0.2) is 0 Å². The number of hydrogen-bond donors (Lipinski definition) is 2. The van der Waals surface area contributed by atoms with Crippen LogP contribution in [0.15, 0.2) is 66.0 Å². The van der Waals surface area contributed by atoms with Gasteiger partial charge in [-0.25, -0.2) is 0 Å². The van der Waals surface area contributed by atoms with Gasteiger partial charge in [0.25, 0.3) is 5.69 Å². The van der Waals surface area contributed by atoms with Gasteiger partial charge in [0.2, 0.25) is 5.91 Å². The Hall–Kier alpha value is -3.19. The quantitative estimate of drug-likeness (QED) is 0.518. The summed E-state index contributed by atoms with van der Waals surface area (Å²) in [6.07, 6.45) is 0. The average molecular weight is 353 g/mol. The van der Waals surface area contributed by atoms with Gasteiger partial charge < -0.3 is 11.1 Å². The molecule has 3 N–H and O–H groups in total. The number of carbonyl (C=O) groups is 1. The molecule has 6 nitrogen and oxygen atoms in total. The van der Waals surface area contributed by atoms with Crippen molar-refractivity contribution in [2.24, 2.45) is 5.73 Å². The Labute approximate surface area is 148 Å². The molecule has 126 valence electrons. The van der Waals surface area contributed by atoms with Crippen LogP contribution in [-0.4, -0.2) is 10.8 Å². The summed E-state index contributed by atoms with van der Waals surface area (Å²) < 4.78 is 0. The van der Waals surface area contributed by atoms with Gasteiger partial charge in [0.1, 0.15) is 5.69 Å². The van der Waals surface area contributed by atoms with E-state index < -0.39 is 10.8 Å². The van der Waals surface area contributed by atoms with Crippen LogP contribution in [0.2, 0.25) is 0 Å². The van der Waals surface area contributed by atoms with E-state index in [1.807, 2.05) is 47.8 Å². The van der Waals surface area contributed by atoms with Crippen molar-refractivity contribution < 1.29 is 9.72 Å². The van der Waals surface area contributed by atoms with Crippen molar-refractivity contribution in [3.8, 4) is 0 Å². The van der Waals surface area contributed by atoms with Gasteiger partial charge in [0.05, 0.1) is 11.0 Å². The number of nitro benzene ring substituents is 1. The number of anilines is 1. The van der Waals surface area contributed by atoms with Crippen LogP contribution >= 0.6 is 11.3 Å². The monoisotopic (exact) mass is 353 g/mol. The van der Waals surface area contributed by atoms with Crippen molar-refractivity contribution in [3.05, 3.63) is 92.2 Å². The summed E-state index contributed by atoms with van der Waals surface area (Å²) in [5.74, 6) is -0.701. The molecule has 0 aliphatic heterocycles. The fourth-order valence-corrected chi connectivity index (χ4v) is 3.34. The highest BCUT2D eigenvalue weighted by Gasteiger charge is 2.21. The molecule has 0 saturated carbocycles. The number of primary amides is 1. The minimum absolute atomic E-state index is 0.102. The molecule has 0 radical (unpaired) electrons. The number of amides is 1. The smallest absolute Gasteiger partial charge is 0.293 e. The largest absolute Gasteiger partial charge is 0.368 e. The SMILES string of the molecule is NC(=O)c1ccc(N[C@H](c2ccccc2)c2cccs2)c([N+](=O)[O-])c1. The number of nitrogens with one attached hydrogen (secondary N) is 1. The van der Waals surface area contributed by atoms with Gasteiger partial charge >= 0.3 is 0 Å². The van der Waals surface area contributed by atoms with Gasteiger partial charge in [-0.3, -0.25) is 14.9 Å². The van der Waals surface area contributed by atoms with Crippen molar-refractivity contribution >= 4 is 28.6 Å². The second-order valence-corrected chi connectivity index (χ2v) is 6.34. The topological polar surface area (TPSA) is 98.3 Å². The second-order valence-electron chi connectivity index (χ2n) is 5.36. The van der Waals surface area contributed by atoms with Gasteiger partial charge in [-0.1, -0.05) is 36.4 Å². The molecule has 0 saturated heterocycles. The van der Waals surface area contributed by atoms with Gasteiger partial charge in [-0.2, -0.15) is 0 Å². The van der Waals surface area contributed by atoms with E-state index >= 15 is 0 Å². The third-order valence-electron chi connectivity index (χ3n) is 3.74. The molecule has 1 amide bonds. The number of benzene rings is 2. The Balaban J connectivity index is 2.03. The molecule has 1 atom stereocenters. The molecule has 0 unspecified atom stereocenters. The lowest BCUT2D eigenvalue weighted by atomic mass is 10.0. The zero-order valence-corrected chi connectivity index (χ0v) is 13.9. The lowest BCUT2D eigenvalue weighted by Gasteiger charge is -2.19. The summed E-state index contributed by atoms with van der Waals surface area (Å²) in [7, 11) is 0. The van der Waals surface area contributed by atoms with E-state index in [1.165, 1.54) is 18.2 Å². The van der Waals surface area contributed by atoms with Crippen LogP contribution in [0.25, 0.3) is 0 Å². The Bertz CT molecular complexity index is 895.